The summed E-state index contributed by atoms with van der Waals surface area (Å²) in [6.45, 7) is 5.54. The lowest BCUT2D eigenvalue weighted by atomic mass is 9.74. The quantitative estimate of drug-likeness (QED) is 0.565. The summed E-state index contributed by atoms with van der Waals surface area (Å²) < 4.78 is 0. The van der Waals surface area contributed by atoms with Crippen molar-refractivity contribution in [3.63, 3.8) is 0 Å². The number of hydrogen-bond donors (Lipinski definition) is 1. The molecule has 1 aromatic carbocycles. The van der Waals surface area contributed by atoms with Crippen molar-refractivity contribution in [1.29, 1.82) is 0 Å². The van der Waals surface area contributed by atoms with Gasteiger partial charge in [-0.15, -0.1) is 0 Å². The molecule has 1 N–H and O–H groups in total. The Morgan fingerprint density at radius 2 is 1.97 bits per heavy atom. The first-order valence-corrected chi connectivity index (χ1v) is 10.2. The van der Waals surface area contributed by atoms with Crippen LogP contribution in [0.3, 0.4) is 0 Å². The Balaban J connectivity index is 1.99. The largest absolute Gasteiger partial charge is 0.357 e. The maximum Gasteiger partial charge on any atom is 0.324 e. The first kappa shape index (κ1) is 19.3. The number of nitrogens with one attached hydrogen (secondary N) is 1. The van der Waals surface area contributed by atoms with Crippen LogP contribution < -0.4 is 10.2 Å². The van der Waals surface area contributed by atoms with Gasteiger partial charge in [0.05, 0.1) is 16.3 Å². The second-order valence-corrected chi connectivity index (χ2v) is 9.29. The lowest BCUT2D eigenvalue weighted by molar-refractivity contribution is -0.380. The number of anilines is 2. The molecule has 0 saturated carbocycles. The lowest BCUT2D eigenvalue weighted by Gasteiger charge is -2.36. The van der Waals surface area contributed by atoms with Gasteiger partial charge in [-0.25, -0.2) is 0 Å². The molecule has 1 amide bonds. The molecule has 1 atom stereocenters. The van der Waals surface area contributed by atoms with E-state index in [9.17, 15) is 19.7 Å². The van der Waals surface area contributed by atoms with Crippen LogP contribution in [0.1, 0.15) is 44.5 Å². The zero-order valence-electron chi connectivity index (χ0n) is 16.4. The summed E-state index contributed by atoms with van der Waals surface area (Å²) >= 11 is 1.00. The van der Waals surface area contributed by atoms with Crippen LogP contribution in [0.15, 0.2) is 47.7 Å². The number of ketones is 1. The van der Waals surface area contributed by atoms with Crippen LogP contribution in [0, 0.1) is 15.5 Å². The monoisotopic (exact) mass is 411 g/mol. The molecule has 2 aromatic rings. The number of carbonyl (C=O) groups excluding carboxylic acids is 2. The van der Waals surface area contributed by atoms with Gasteiger partial charge in [-0.2, -0.15) is 0 Å². The van der Waals surface area contributed by atoms with Gasteiger partial charge in [0.2, 0.25) is 5.91 Å². The Bertz CT molecular complexity index is 1070. The number of nitrogens with zero attached hydrogens (tertiary/aromatic N) is 2. The Kier molecular flexibility index (Phi) is 4.53. The van der Waals surface area contributed by atoms with E-state index >= 15 is 0 Å². The number of thiophene rings is 1. The highest BCUT2D eigenvalue weighted by molar-refractivity contribution is 7.15. The SMILES string of the molecule is CC(=O)N1c2ccccc2NC2=C(C(=O)CC(C)(C)C2)[C@@H]1c1ccc([N+](=O)[O-])s1. The molecule has 2 aliphatic rings. The van der Waals surface area contributed by atoms with Crippen molar-refractivity contribution in [2.75, 3.05) is 10.2 Å². The molecule has 0 radical (unpaired) electrons. The number of nitro groups is 1. The van der Waals surface area contributed by atoms with Gasteiger partial charge in [0.15, 0.2) is 5.78 Å². The zero-order chi connectivity index (χ0) is 20.9. The number of Topliss-reactive ketones (excluding diaryl/α,β-unsaturated/α-hetero) is 1. The van der Waals surface area contributed by atoms with Gasteiger partial charge >= 0.3 is 5.00 Å². The highest BCUT2D eigenvalue weighted by Crippen LogP contribution is 2.49. The van der Waals surface area contributed by atoms with E-state index in [1.165, 1.54) is 13.0 Å². The average Bonchev–Trinajstić information content (AvgIpc) is 3.05. The van der Waals surface area contributed by atoms with Gasteiger partial charge in [-0.1, -0.05) is 37.3 Å². The normalized spacial score (nSPS) is 20.4. The fraction of sp³-hybridized carbons (Fsp3) is 0.333. The molecule has 0 fully saturated rings. The number of hydrogen-bond acceptors (Lipinski definition) is 6. The molecule has 0 spiro atoms. The molecule has 1 aromatic heterocycles. The van der Waals surface area contributed by atoms with E-state index in [1.807, 2.05) is 38.1 Å². The first-order chi connectivity index (χ1) is 13.7. The highest BCUT2D eigenvalue weighted by Gasteiger charge is 2.43. The molecule has 150 valence electrons. The van der Waals surface area contributed by atoms with Gasteiger partial charge in [0.1, 0.15) is 6.04 Å². The smallest absolute Gasteiger partial charge is 0.324 e. The van der Waals surface area contributed by atoms with E-state index < -0.39 is 11.0 Å². The van der Waals surface area contributed by atoms with Crippen LogP contribution in [0.25, 0.3) is 0 Å². The maximum atomic E-state index is 13.3. The predicted molar refractivity (Wildman–Crippen MR) is 112 cm³/mol. The van der Waals surface area contributed by atoms with E-state index in [4.69, 9.17) is 0 Å². The molecule has 1 aliphatic carbocycles. The Hall–Kier alpha value is -3.00. The van der Waals surface area contributed by atoms with Crippen molar-refractivity contribution in [2.45, 2.75) is 39.7 Å². The summed E-state index contributed by atoms with van der Waals surface area (Å²) in [6, 6.07) is 9.79. The summed E-state index contributed by atoms with van der Waals surface area (Å²) in [5.41, 5.74) is 2.49. The van der Waals surface area contributed by atoms with E-state index in [1.54, 1.807) is 11.0 Å². The standard InChI is InChI=1S/C21H21N3O4S/c1-12(25)23-15-7-5-4-6-13(15)22-14-10-21(2,3)11-16(26)19(14)20(23)17-8-9-18(29-17)24(27)28/h4-9,20,22H,10-11H2,1-3H3/t20-/m0/s1. The van der Waals surface area contributed by atoms with E-state index in [0.717, 1.165) is 22.7 Å². The second kappa shape index (κ2) is 6.81. The minimum absolute atomic E-state index is 0.0141. The van der Waals surface area contributed by atoms with E-state index in [-0.39, 0.29) is 22.1 Å². The van der Waals surface area contributed by atoms with Crippen molar-refractivity contribution in [3.8, 4) is 0 Å². The van der Waals surface area contributed by atoms with Crippen LogP contribution >= 0.6 is 11.3 Å². The number of fused-ring (bicyclic) bond motifs is 1. The lowest BCUT2D eigenvalue weighted by Crippen LogP contribution is -2.38. The molecule has 2 heterocycles. The van der Waals surface area contributed by atoms with Crippen LogP contribution in [0.4, 0.5) is 16.4 Å². The number of rotatable bonds is 2. The van der Waals surface area contributed by atoms with Crippen molar-refractivity contribution in [1.82, 2.24) is 0 Å². The molecule has 0 bridgehead atoms. The maximum absolute atomic E-state index is 13.3. The van der Waals surface area contributed by atoms with Crippen LogP contribution in [-0.4, -0.2) is 16.6 Å². The van der Waals surface area contributed by atoms with Gasteiger partial charge < -0.3 is 5.32 Å². The Morgan fingerprint density at radius 3 is 2.62 bits per heavy atom. The molecule has 0 unspecified atom stereocenters. The fourth-order valence-electron chi connectivity index (χ4n) is 4.19. The predicted octanol–water partition coefficient (Wildman–Crippen LogP) is 4.82. The molecular weight excluding hydrogens is 390 g/mol. The number of amides is 1. The number of para-hydroxylation sites is 2. The van der Waals surface area contributed by atoms with Gasteiger partial charge in [-0.3, -0.25) is 24.6 Å². The van der Waals surface area contributed by atoms with Crippen molar-refractivity contribution in [3.05, 3.63) is 62.7 Å². The minimum atomic E-state index is -0.694. The third kappa shape index (κ3) is 3.33. The summed E-state index contributed by atoms with van der Waals surface area (Å²) in [7, 11) is 0. The zero-order valence-corrected chi connectivity index (χ0v) is 17.2. The Labute approximate surface area is 172 Å². The average molecular weight is 411 g/mol. The Morgan fingerprint density at radius 1 is 1.24 bits per heavy atom. The number of allylic oxidation sites excluding steroid dienone is 1. The van der Waals surface area contributed by atoms with Gasteiger partial charge in [0, 0.05) is 35.6 Å². The number of carbonyl (C=O) groups is 2. The third-order valence-electron chi connectivity index (χ3n) is 5.30. The second-order valence-electron chi connectivity index (χ2n) is 8.20. The topological polar surface area (TPSA) is 92.6 Å². The summed E-state index contributed by atoms with van der Waals surface area (Å²) in [4.78, 5) is 39.0. The molecule has 8 heteroatoms. The molecule has 1 aliphatic heterocycles. The van der Waals surface area contributed by atoms with E-state index in [0.29, 0.717) is 29.0 Å². The fourth-order valence-corrected chi connectivity index (χ4v) is 5.11. The minimum Gasteiger partial charge on any atom is -0.357 e. The van der Waals surface area contributed by atoms with Crippen molar-refractivity contribution < 1.29 is 14.5 Å². The van der Waals surface area contributed by atoms with E-state index in [2.05, 4.69) is 5.32 Å². The van der Waals surface area contributed by atoms with Crippen LogP contribution in [0.2, 0.25) is 0 Å². The van der Waals surface area contributed by atoms with Gasteiger partial charge in [0.25, 0.3) is 0 Å². The summed E-state index contributed by atoms with van der Waals surface area (Å²) in [6.07, 6.45) is 1.01. The number of benzene rings is 1. The molecule has 29 heavy (non-hydrogen) atoms. The van der Waals surface area contributed by atoms with Crippen molar-refractivity contribution in [2.24, 2.45) is 5.41 Å². The molecule has 7 nitrogen and oxygen atoms in total. The van der Waals surface area contributed by atoms with Crippen LogP contribution in [-0.2, 0) is 9.59 Å². The molecule has 0 saturated heterocycles. The van der Waals surface area contributed by atoms with Crippen LogP contribution in [0.5, 0.6) is 0 Å². The third-order valence-corrected chi connectivity index (χ3v) is 6.39. The van der Waals surface area contributed by atoms with Crippen molar-refractivity contribution >= 4 is 39.4 Å². The molecular formula is C21H21N3O4S. The first-order valence-electron chi connectivity index (χ1n) is 9.34. The molecule has 4 rings (SSSR count). The van der Waals surface area contributed by atoms with Gasteiger partial charge in [-0.05, 0) is 30.0 Å². The summed E-state index contributed by atoms with van der Waals surface area (Å²) in [5, 5.41) is 14.6. The highest BCUT2D eigenvalue weighted by atomic mass is 32.1. The summed E-state index contributed by atoms with van der Waals surface area (Å²) in [5.74, 6) is -0.268.